The smallest absolute Gasteiger partial charge is 0.322 e. The summed E-state index contributed by atoms with van der Waals surface area (Å²) >= 11 is 0. The summed E-state index contributed by atoms with van der Waals surface area (Å²) < 4.78 is 5.39. The zero-order chi connectivity index (χ0) is 22.3. The molecule has 4 amide bonds. The number of esters is 1. The molecule has 31 heavy (non-hydrogen) atoms. The largest absolute Gasteiger partial charge is 0.466 e. The molecule has 1 aromatic rings. The minimum absolute atomic E-state index is 0.0595. The predicted molar refractivity (Wildman–Crippen MR) is 114 cm³/mol. The van der Waals surface area contributed by atoms with E-state index in [0.717, 1.165) is 19.3 Å². The van der Waals surface area contributed by atoms with Crippen molar-refractivity contribution in [1.82, 2.24) is 15.5 Å². The second kappa shape index (κ2) is 10.4. The Balaban J connectivity index is 1.52. The van der Waals surface area contributed by atoms with Crippen LogP contribution in [0.3, 0.4) is 0 Å². The molecule has 8 heteroatoms. The number of hydrogen-bond donors (Lipinski definition) is 2. The Hall–Kier alpha value is -2.90. The third-order valence-electron chi connectivity index (χ3n) is 6.25. The molecule has 2 aliphatic heterocycles. The molecule has 0 spiro atoms. The number of carbonyl (C=O) groups is 4. The Morgan fingerprint density at radius 2 is 1.87 bits per heavy atom. The minimum atomic E-state index is -0.655. The topological polar surface area (TPSA) is 105 Å². The van der Waals surface area contributed by atoms with Gasteiger partial charge in [-0.2, -0.15) is 0 Å². The van der Waals surface area contributed by atoms with Crippen molar-refractivity contribution in [3.05, 3.63) is 35.9 Å². The molecule has 0 aromatic heterocycles. The molecule has 2 fully saturated rings. The summed E-state index contributed by atoms with van der Waals surface area (Å²) in [5.41, 5.74) is 0.693. The Labute approximate surface area is 182 Å². The molecule has 1 aromatic carbocycles. The van der Waals surface area contributed by atoms with E-state index in [4.69, 9.17) is 4.74 Å². The summed E-state index contributed by atoms with van der Waals surface area (Å²) in [6.07, 6.45) is 4.12. The Kier molecular flexibility index (Phi) is 7.65. The minimum Gasteiger partial charge on any atom is -0.466 e. The van der Waals surface area contributed by atoms with Gasteiger partial charge in [0, 0.05) is 19.5 Å². The van der Waals surface area contributed by atoms with E-state index in [1.165, 1.54) is 5.56 Å². The molecule has 0 saturated carbocycles. The number of carbonyl (C=O) groups excluding carboxylic acids is 4. The molecule has 0 bridgehead atoms. The van der Waals surface area contributed by atoms with Crippen LogP contribution < -0.4 is 10.6 Å². The van der Waals surface area contributed by atoms with Crippen LogP contribution in [0, 0.1) is 5.41 Å². The van der Waals surface area contributed by atoms with E-state index in [0.29, 0.717) is 32.5 Å². The zero-order valence-electron chi connectivity index (χ0n) is 18.0. The van der Waals surface area contributed by atoms with Gasteiger partial charge >= 0.3 is 12.0 Å². The molecule has 2 heterocycles. The summed E-state index contributed by atoms with van der Waals surface area (Å²) in [5, 5.41) is 4.68. The SMILES string of the molecule is CCOC(=O)C1(CCCc2ccccc2)CCN(C(=O)CCC2NC(=O)NC2=O)CC1. The van der Waals surface area contributed by atoms with Crippen molar-refractivity contribution in [2.75, 3.05) is 19.7 Å². The summed E-state index contributed by atoms with van der Waals surface area (Å²) in [7, 11) is 0. The summed E-state index contributed by atoms with van der Waals surface area (Å²) in [4.78, 5) is 50.0. The monoisotopic (exact) mass is 429 g/mol. The Morgan fingerprint density at radius 3 is 2.48 bits per heavy atom. The number of imide groups is 1. The van der Waals surface area contributed by atoms with Crippen LogP contribution in [-0.4, -0.2) is 54.5 Å². The van der Waals surface area contributed by atoms with E-state index in [2.05, 4.69) is 22.8 Å². The number of aryl methyl sites for hydroxylation is 1. The molecular formula is C23H31N3O5. The number of urea groups is 1. The number of nitrogens with one attached hydrogen (secondary N) is 2. The maximum absolute atomic E-state index is 12.8. The molecule has 0 radical (unpaired) electrons. The van der Waals surface area contributed by atoms with Gasteiger partial charge in [-0.1, -0.05) is 30.3 Å². The molecule has 0 aliphatic carbocycles. The normalized spacial score (nSPS) is 20.2. The van der Waals surface area contributed by atoms with Crippen molar-refractivity contribution < 1.29 is 23.9 Å². The van der Waals surface area contributed by atoms with Crippen molar-refractivity contribution in [2.45, 2.75) is 57.9 Å². The van der Waals surface area contributed by atoms with Crippen LogP contribution in [0.5, 0.6) is 0 Å². The first-order valence-electron chi connectivity index (χ1n) is 11.0. The third kappa shape index (κ3) is 5.83. The van der Waals surface area contributed by atoms with Crippen LogP contribution in [0.4, 0.5) is 4.79 Å². The van der Waals surface area contributed by atoms with E-state index in [1.807, 2.05) is 25.1 Å². The summed E-state index contributed by atoms with van der Waals surface area (Å²) in [6, 6.07) is 9.02. The number of rotatable bonds is 9. The maximum Gasteiger partial charge on any atom is 0.322 e. The van der Waals surface area contributed by atoms with Gasteiger partial charge < -0.3 is 15.0 Å². The summed E-state index contributed by atoms with van der Waals surface area (Å²) in [5.74, 6) is -0.618. The standard InChI is InChI=1S/C23H31N3O5/c1-2-31-21(29)23(12-6-9-17-7-4-3-5-8-17)13-15-26(16-14-23)19(27)11-10-18-20(28)25-22(30)24-18/h3-5,7-8,18H,2,6,9-16H2,1H3,(H2,24,25,28,30). The van der Waals surface area contributed by atoms with Crippen LogP contribution >= 0.6 is 0 Å². The predicted octanol–water partition coefficient (Wildman–Crippen LogP) is 2.17. The van der Waals surface area contributed by atoms with Gasteiger partial charge in [-0.3, -0.25) is 19.7 Å². The van der Waals surface area contributed by atoms with Gasteiger partial charge in [-0.25, -0.2) is 4.79 Å². The van der Waals surface area contributed by atoms with Crippen molar-refractivity contribution in [1.29, 1.82) is 0 Å². The lowest BCUT2D eigenvalue weighted by Gasteiger charge is -2.40. The van der Waals surface area contributed by atoms with Crippen molar-refractivity contribution in [3.63, 3.8) is 0 Å². The highest BCUT2D eigenvalue weighted by Gasteiger charge is 2.43. The molecule has 2 aliphatic rings. The molecule has 3 rings (SSSR count). The lowest BCUT2D eigenvalue weighted by atomic mass is 9.74. The van der Waals surface area contributed by atoms with Gasteiger partial charge in [0.25, 0.3) is 5.91 Å². The highest BCUT2D eigenvalue weighted by molar-refractivity contribution is 6.04. The van der Waals surface area contributed by atoms with Gasteiger partial charge in [0.05, 0.1) is 12.0 Å². The van der Waals surface area contributed by atoms with Crippen molar-refractivity contribution in [3.8, 4) is 0 Å². The first-order valence-corrected chi connectivity index (χ1v) is 11.0. The number of likely N-dealkylation sites (tertiary alicyclic amines) is 1. The average Bonchev–Trinajstić information content (AvgIpc) is 3.10. The molecule has 2 saturated heterocycles. The molecular weight excluding hydrogens is 398 g/mol. The average molecular weight is 430 g/mol. The first-order chi connectivity index (χ1) is 14.9. The fraction of sp³-hybridized carbons (Fsp3) is 0.565. The zero-order valence-corrected chi connectivity index (χ0v) is 18.0. The second-order valence-electron chi connectivity index (χ2n) is 8.27. The fourth-order valence-corrected chi connectivity index (χ4v) is 4.39. The Bertz CT molecular complexity index is 803. The van der Waals surface area contributed by atoms with Crippen molar-refractivity contribution >= 4 is 23.8 Å². The molecule has 168 valence electrons. The van der Waals surface area contributed by atoms with Crippen LogP contribution in [0.1, 0.15) is 51.0 Å². The van der Waals surface area contributed by atoms with Gasteiger partial charge in [-0.05, 0) is 51.0 Å². The summed E-state index contributed by atoms with van der Waals surface area (Å²) in [6.45, 7) is 3.14. The van der Waals surface area contributed by atoms with Gasteiger partial charge in [0.15, 0.2) is 0 Å². The lowest BCUT2D eigenvalue weighted by molar-refractivity contribution is -0.161. The van der Waals surface area contributed by atoms with Crippen LogP contribution in [-0.2, 0) is 25.5 Å². The Morgan fingerprint density at radius 1 is 1.16 bits per heavy atom. The van der Waals surface area contributed by atoms with Crippen LogP contribution in [0.15, 0.2) is 30.3 Å². The fourth-order valence-electron chi connectivity index (χ4n) is 4.39. The number of amides is 4. The number of benzene rings is 1. The van der Waals surface area contributed by atoms with Crippen LogP contribution in [0.2, 0.25) is 0 Å². The number of ether oxygens (including phenoxy) is 1. The van der Waals surface area contributed by atoms with E-state index in [1.54, 1.807) is 4.90 Å². The van der Waals surface area contributed by atoms with Crippen LogP contribution in [0.25, 0.3) is 0 Å². The molecule has 1 unspecified atom stereocenters. The first kappa shape index (κ1) is 22.8. The van der Waals surface area contributed by atoms with Gasteiger partial charge in [-0.15, -0.1) is 0 Å². The van der Waals surface area contributed by atoms with Gasteiger partial charge in [0.2, 0.25) is 5.91 Å². The number of piperidine rings is 1. The van der Waals surface area contributed by atoms with E-state index in [9.17, 15) is 19.2 Å². The van der Waals surface area contributed by atoms with E-state index in [-0.39, 0.29) is 24.7 Å². The van der Waals surface area contributed by atoms with Crippen molar-refractivity contribution in [2.24, 2.45) is 5.41 Å². The quantitative estimate of drug-likeness (QED) is 0.462. The number of nitrogens with zero attached hydrogens (tertiary/aromatic N) is 1. The number of hydrogen-bond acceptors (Lipinski definition) is 5. The lowest BCUT2D eigenvalue weighted by Crippen LogP contribution is -2.47. The third-order valence-corrected chi connectivity index (χ3v) is 6.25. The molecule has 2 N–H and O–H groups in total. The molecule has 8 nitrogen and oxygen atoms in total. The van der Waals surface area contributed by atoms with E-state index < -0.39 is 23.4 Å². The highest BCUT2D eigenvalue weighted by atomic mass is 16.5. The van der Waals surface area contributed by atoms with Gasteiger partial charge in [0.1, 0.15) is 6.04 Å². The highest BCUT2D eigenvalue weighted by Crippen LogP contribution is 2.38. The maximum atomic E-state index is 12.8. The van der Waals surface area contributed by atoms with E-state index >= 15 is 0 Å². The second-order valence-corrected chi connectivity index (χ2v) is 8.27. The molecule has 1 atom stereocenters.